The molecule has 0 saturated carbocycles. The van der Waals surface area contributed by atoms with Gasteiger partial charge in [0.25, 0.3) is 12.3 Å². The zero-order valence-electron chi connectivity index (χ0n) is 16.2. The molecule has 0 spiro atoms. The Balaban J connectivity index is 1.98. The van der Waals surface area contributed by atoms with Gasteiger partial charge < -0.3 is 5.73 Å². The fraction of sp³-hybridized carbons (Fsp3) is 0.136. The number of hydrogen-bond donors (Lipinski definition) is 1. The van der Waals surface area contributed by atoms with E-state index < -0.39 is 35.1 Å². The second-order valence-electron chi connectivity index (χ2n) is 7.02. The van der Waals surface area contributed by atoms with Gasteiger partial charge in [-0.2, -0.15) is 0 Å². The van der Waals surface area contributed by atoms with Crippen molar-refractivity contribution in [2.45, 2.75) is 12.0 Å². The van der Waals surface area contributed by atoms with Crippen LogP contribution in [0, 0.1) is 11.6 Å². The van der Waals surface area contributed by atoms with Crippen molar-refractivity contribution >= 4 is 11.9 Å². The Kier molecular flexibility index (Phi) is 4.96. The molecule has 4 rings (SSSR count). The number of guanidine groups is 1. The summed E-state index contributed by atoms with van der Waals surface area (Å²) in [5.74, 6) is -2.18. The van der Waals surface area contributed by atoms with Gasteiger partial charge in [0.15, 0.2) is 5.96 Å². The number of pyridine rings is 1. The van der Waals surface area contributed by atoms with E-state index >= 15 is 4.39 Å². The van der Waals surface area contributed by atoms with Crippen LogP contribution in [0.1, 0.15) is 23.2 Å². The van der Waals surface area contributed by atoms with Crippen LogP contribution in [0.2, 0.25) is 0 Å². The fourth-order valence-corrected chi connectivity index (χ4v) is 3.53. The molecule has 3 aromatic rings. The number of alkyl halides is 2. The molecule has 1 aromatic heterocycles. The number of benzene rings is 2. The van der Waals surface area contributed by atoms with Crippen molar-refractivity contribution in [2.75, 3.05) is 7.05 Å². The molecule has 2 aromatic carbocycles. The Morgan fingerprint density at radius 2 is 1.68 bits per heavy atom. The summed E-state index contributed by atoms with van der Waals surface area (Å²) in [5, 5.41) is 0. The molecule has 0 bridgehead atoms. The lowest BCUT2D eigenvalue weighted by Gasteiger charge is -2.26. The van der Waals surface area contributed by atoms with E-state index in [1.54, 1.807) is 0 Å². The van der Waals surface area contributed by atoms with Gasteiger partial charge in [0.05, 0.1) is 5.69 Å². The molecule has 158 valence electrons. The van der Waals surface area contributed by atoms with Crippen molar-refractivity contribution in [3.8, 4) is 11.1 Å². The Bertz CT molecular complexity index is 1200. The molecule has 0 fully saturated rings. The smallest absolute Gasteiger partial charge is 0.268 e. The van der Waals surface area contributed by atoms with Crippen molar-refractivity contribution in [2.24, 2.45) is 10.7 Å². The molecule has 0 saturated heterocycles. The Morgan fingerprint density at radius 1 is 1.00 bits per heavy atom. The Labute approximate surface area is 174 Å². The molecule has 0 radical (unpaired) electrons. The zero-order chi connectivity index (χ0) is 22.3. The Hall–Kier alpha value is -3.75. The molecule has 5 nitrogen and oxygen atoms in total. The first-order chi connectivity index (χ1) is 14.7. The van der Waals surface area contributed by atoms with Gasteiger partial charge in [-0.25, -0.2) is 22.6 Å². The third kappa shape index (κ3) is 3.31. The van der Waals surface area contributed by atoms with E-state index in [9.17, 15) is 18.0 Å². The van der Waals surface area contributed by atoms with Gasteiger partial charge in [-0.3, -0.25) is 14.7 Å². The third-order valence-corrected chi connectivity index (χ3v) is 5.18. The molecule has 0 aliphatic carbocycles. The number of aromatic nitrogens is 1. The molecule has 2 N–H and O–H groups in total. The number of rotatable bonds is 4. The highest BCUT2D eigenvalue weighted by molar-refractivity contribution is 6.08. The lowest BCUT2D eigenvalue weighted by atomic mass is 9.83. The molecule has 1 amide bonds. The average Bonchev–Trinajstić information content (AvgIpc) is 2.99. The normalized spacial score (nSPS) is 18.6. The number of carbonyl (C=O) groups excluding carboxylic acids is 1. The van der Waals surface area contributed by atoms with Gasteiger partial charge in [-0.1, -0.05) is 18.2 Å². The van der Waals surface area contributed by atoms with Crippen molar-refractivity contribution in [1.29, 1.82) is 0 Å². The van der Waals surface area contributed by atoms with E-state index in [2.05, 4.69) is 9.98 Å². The van der Waals surface area contributed by atoms with E-state index in [0.717, 1.165) is 29.3 Å². The second-order valence-corrected chi connectivity index (χ2v) is 7.02. The van der Waals surface area contributed by atoms with Crippen LogP contribution in [0.3, 0.4) is 0 Å². The minimum atomic E-state index is -2.83. The SMILES string of the molecule is CN1C(=O)C(c2cc(C(F)F)ccn2)(c2cc(-c3ccc(F)cc3)ccc2F)N=C1N. The standard InChI is InChI=1S/C22H16F4N4O/c1-30-20(31)22(29-21(30)27,18-11-14(19(25)26)8-9-28-18)16-10-13(4-7-17(16)24)12-2-5-15(23)6-3-12/h2-11,19H,1H3,(H2,27,29). The highest BCUT2D eigenvalue weighted by Gasteiger charge is 2.52. The number of halogens is 4. The minimum absolute atomic E-state index is 0.183. The van der Waals surface area contributed by atoms with Crippen LogP contribution in [-0.4, -0.2) is 28.8 Å². The number of hydrogen-bond acceptors (Lipinski definition) is 4. The molecule has 9 heteroatoms. The lowest BCUT2D eigenvalue weighted by molar-refractivity contribution is -0.129. The fourth-order valence-electron chi connectivity index (χ4n) is 3.53. The monoisotopic (exact) mass is 428 g/mol. The molecule has 2 heterocycles. The summed E-state index contributed by atoms with van der Waals surface area (Å²) in [4.78, 5) is 22.5. The maximum absolute atomic E-state index is 15.1. The first kappa shape index (κ1) is 20.5. The van der Waals surface area contributed by atoms with Crippen LogP contribution in [0.15, 0.2) is 65.8 Å². The van der Waals surface area contributed by atoms with E-state index in [1.807, 2.05) is 0 Å². The van der Waals surface area contributed by atoms with Crippen molar-refractivity contribution in [3.05, 3.63) is 89.2 Å². The summed E-state index contributed by atoms with van der Waals surface area (Å²) in [5.41, 5.74) is 4.02. The van der Waals surface area contributed by atoms with Crippen molar-refractivity contribution < 1.29 is 22.4 Å². The van der Waals surface area contributed by atoms with Crippen LogP contribution >= 0.6 is 0 Å². The van der Waals surface area contributed by atoms with Crippen LogP contribution in [0.4, 0.5) is 17.6 Å². The molecule has 1 aliphatic rings. The van der Waals surface area contributed by atoms with Gasteiger partial charge >= 0.3 is 0 Å². The molecule has 1 unspecified atom stereocenters. The number of carbonyl (C=O) groups is 1. The molecule has 1 aliphatic heterocycles. The summed E-state index contributed by atoms with van der Waals surface area (Å²) in [6, 6.07) is 11.5. The Morgan fingerprint density at radius 3 is 2.29 bits per heavy atom. The first-order valence-corrected chi connectivity index (χ1v) is 9.18. The average molecular weight is 428 g/mol. The van der Waals surface area contributed by atoms with E-state index in [-0.39, 0.29) is 17.2 Å². The zero-order valence-corrected chi connectivity index (χ0v) is 16.2. The predicted molar refractivity (Wildman–Crippen MR) is 106 cm³/mol. The highest BCUT2D eigenvalue weighted by Crippen LogP contribution is 2.41. The van der Waals surface area contributed by atoms with Crippen LogP contribution in [-0.2, 0) is 10.3 Å². The molecular weight excluding hydrogens is 412 g/mol. The molecule has 31 heavy (non-hydrogen) atoms. The topological polar surface area (TPSA) is 71.6 Å². The number of aliphatic imine (C=N–C) groups is 1. The maximum atomic E-state index is 15.1. The third-order valence-electron chi connectivity index (χ3n) is 5.18. The van der Waals surface area contributed by atoms with Crippen LogP contribution in [0.5, 0.6) is 0 Å². The van der Waals surface area contributed by atoms with Gasteiger partial charge in [0.1, 0.15) is 11.6 Å². The van der Waals surface area contributed by atoms with Crippen molar-refractivity contribution in [1.82, 2.24) is 9.88 Å². The van der Waals surface area contributed by atoms with E-state index in [4.69, 9.17) is 5.73 Å². The number of nitrogens with two attached hydrogens (primary N) is 1. The maximum Gasteiger partial charge on any atom is 0.268 e. The highest BCUT2D eigenvalue weighted by atomic mass is 19.3. The van der Waals surface area contributed by atoms with E-state index in [1.165, 1.54) is 43.4 Å². The van der Waals surface area contributed by atoms with Gasteiger partial charge in [0, 0.05) is 24.4 Å². The molecular formula is C22H16F4N4O. The number of likely N-dealkylation sites (N-methyl/N-ethyl adjacent to an activating group) is 1. The van der Waals surface area contributed by atoms with Gasteiger partial charge in [0.2, 0.25) is 5.54 Å². The van der Waals surface area contributed by atoms with Crippen LogP contribution in [0.25, 0.3) is 11.1 Å². The first-order valence-electron chi connectivity index (χ1n) is 9.18. The van der Waals surface area contributed by atoms with E-state index in [0.29, 0.717) is 11.1 Å². The molecule has 1 atom stereocenters. The summed E-state index contributed by atoms with van der Waals surface area (Å²) in [6.45, 7) is 0. The van der Waals surface area contributed by atoms with Crippen LogP contribution < -0.4 is 5.73 Å². The number of amides is 1. The summed E-state index contributed by atoms with van der Waals surface area (Å²) in [6.07, 6.45) is -1.72. The van der Waals surface area contributed by atoms with Gasteiger partial charge in [-0.15, -0.1) is 0 Å². The summed E-state index contributed by atoms with van der Waals surface area (Å²) in [7, 11) is 1.35. The minimum Gasteiger partial charge on any atom is -0.369 e. The second kappa shape index (κ2) is 7.50. The van der Waals surface area contributed by atoms with Gasteiger partial charge in [-0.05, 0) is 47.5 Å². The largest absolute Gasteiger partial charge is 0.369 e. The summed E-state index contributed by atoms with van der Waals surface area (Å²) < 4.78 is 55.0. The van der Waals surface area contributed by atoms with Crippen molar-refractivity contribution in [3.63, 3.8) is 0 Å². The quantitative estimate of drug-likeness (QED) is 0.639. The number of nitrogens with zero attached hydrogens (tertiary/aromatic N) is 3. The predicted octanol–water partition coefficient (Wildman–Crippen LogP) is 3.99. The summed E-state index contributed by atoms with van der Waals surface area (Å²) >= 11 is 0. The lowest BCUT2D eigenvalue weighted by Crippen LogP contribution is -2.42.